The molecule has 0 amide bonds. The Hall–Kier alpha value is -2.51. The van der Waals surface area contributed by atoms with E-state index in [-0.39, 0.29) is 13.0 Å². The Labute approximate surface area is 275 Å². The molecule has 16 heteroatoms. The summed E-state index contributed by atoms with van der Waals surface area (Å²) in [6.45, 7) is 5.62. The normalized spacial score (nSPS) is 50.7. The topological polar surface area (TPSA) is 248 Å². The van der Waals surface area contributed by atoms with Crippen molar-refractivity contribution in [1.29, 1.82) is 0 Å². The van der Waals surface area contributed by atoms with Gasteiger partial charge in [-0.1, -0.05) is 24.1 Å². The third-order valence-electron chi connectivity index (χ3n) is 11.8. The van der Waals surface area contributed by atoms with Crippen molar-refractivity contribution in [3.8, 4) is 0 Å². The Kier molecular flexibility index (Phi) is 8.88. The number of ether oxygens (including phenoxy) is 6. The van der Waals surface area contributed by atoms with Gasteiger partial charge in [-0.2, -0.15) is 0 Å². The molecule has 3 aliphatic heterocycles. The van der Waals surface area contributed by atoms with Gasteiger partial charge in [-0.15, -0.1) is 0 Å². The first-order valence-electron chi connectivity index (χ1n) is 16.0. The van der Waals surface area contributed by atoms with Crippen molar-refractivity contribution in [1.82, 2.24) is 0 Å². The molecule has 0 radical (unpaired) electrons. The quantitative estimate of drug-likeness (QED) is 0.0647. The van der Waals surface area contributed by atoms with Crippen molar-refractivity contribution >= 4 is 17.9 Å². The summed E-state index contributed by atoms with van der Waals surface area (Å²) < 4.78 is 34.3. The lowest BCUT2D eigenvalue weighted by atomic mass is 9.37. The maximum atomic E-state index is 13.7. The third kappa shape index (κ3) is 4.61. The summed E-state index contributed by atoms with van der Waals surface area (Å²) in [6, 6.07) is 0. The minimum atomic E-state index is -2.35. The van der Waals surface area contributed by atoms with Gasteiger partial charge in [-0.25, -0.2) is 14.4 Å². The monoisotopic (exact) mass is 684 g/mol. The van der Waals surface area contributed by atoms with Crippen LogP contribution in [0.15, 0.2) is 23.3 Å². The largest absolute Gasteiger partial charge is 0.467 e. The van der Waals surface area contributed by atoms with E-state index < -0.39 is 126 Å². The van der Waals surface area contributed by atoms with E-state index in [1.54, 1.807) is 33.8 Å². The number of hydrogen-bond donors (Lipinski definition) is 7. The molecule has 5 fully saturated rings. The second-order valence-corrected chi connectivity index (χ2v) is 14.4. The zero-order chi connectivity index (χ0) is 35.2. The van der Waals surface area contributed by atoms with Crippen LogP contribution in [0.4, 0.5) is 0 Å². The Bertz CT molecular complexity index is 1390. The van der Waals surface area contributed by atoms with Crippen molar-refractivity contribution < 1.29 is 78.6 Å². The molecular weight excluding hydrogens is 640 g/mol. The predicted octanol–water partition coefficient (Wildman–Crippen LogP) is -2.78. The van der Waals surface area contributed by atoms with Crippen LogP contribution in [0, 0.1) is 28.6 Å². The molecule has 48 heavy (non-hydrogen) atoms. The van der Waals surface area contributed by atoms with Crippen LogP contribution < -0.4 is 0 Å². The highest BCUT2D eigenvalue weighted by Crippen LogP contribution is 2.73. The first-order chi connectivity index (χ1) is 22.5. The van der Waals surface area contributed by atoms with Gasteiger partial charge in [0.2, 0.25) is 11.7 Å². The van der Waals surface area contributed by atoms with Gasteiger partial charge in [0.15, 0.2) is 6.29 Å². The molecule has 0 aromatic carbocycles. The molecule has 17 atom stereocenters. The van der Waals surface area contributed by atoms with Gasteiger partial charge in [0, 0.05) is 22.8 Å². The van der Waals surface area contributed by atoms with Gasteiger partial charge >= 0.3 is 17.9 Å². The minimum Gasteiger partial charge on any atom is -0.467 e. The van der Waals surface area contributed by atoms with Crippen LogP contribution in [-0.4, -0.2) is 147 Å². The molecule has 268 valence electrons. The number of carbonyl (C=O) groups is 3. The highest BCUT2D eigenvalue weighted by Gasteiger charge is 2.85. The molecule has 1 spiro atoms. The summed E-state index contributed by atoms with van der Waals surface area (Å²) in [5.41, 5.74) is -4.10. The number of carbonyl (C=O) groups excluding carboxylic acids is 3. The van der Waals surface area contributed by atoms with Gasteiger partial charge < -0.3 is 64.2 Å². The average Bonchev–Trinajstić information content (AvgIpc) is 3.34. The van der Waals surface area contributed by atoms with E-state index in [1.165, 1.54) is 0 Å². The standard InChI is InChI=1S/C32H44O16/c1-11(2)6-17(34)48-22-24-31-10-44-32(24,29(42)43-5)26(40)21(38)23(31)30(4)13(8-16(31)47-27(22)41)12(3)7-14(25(30)39)45-28-20(37)19(36)18(35)15(9-33)46-28/h6-7,13-16,18-26,28,33,35-40H,8-10H2,1-5H3/t13?,14-,15+,16+,18+,19-,20+,21+,22+,23?,24+,25+,26-,28-,30-,31+,32+/m0/s1. The number of allylic oxidation sites excluding steroid dienone is 2. The molecule has 6 rings (SSSR count). The van der Waals surface area contributed by atoms with Crippen molar-refractivity contribution in [3.05, 3.63) is 23.3 Å². The summed E-state index contributed by atoms with van der Waals surface area (Å²) in [7, 11) is 1.05. The van der Waals surface area contributed by atoms with Crippen LogP contribution in [0.25, 0.3) is 0 Å². The van der Waals surface area contributed by atoms with Crippen LogP contribution in [0.2, 0.25) is 0 Å². The maximum absolute atomic E-state index is 13.7. The van der Waals surface area contributed by atoms with Crippen molar-refractivity contribution in [2.24, 2.45) is 28.6 Å². The Morgan fingerprint density at radius 1 is 1.02 bits per heavy atom. The number of aliphatic hydroxyl groups is 7. The second-order valence-electron chi connectivity index (χ2n) is 14.4. The Morgan fingerprint density at radius 3 is 2.33 bits per heavy atom. The fourth-order valence-electron chi connectivity index (χ4n) is 9.79. The van der Waals surface area contributed by atoms with Gasteiger partial charge in [0.05, 0.1) is 38.4 Å². The highest BCUT2D eigenvalue weighted by atomic mass is 16.7. The maximum Gasteiger partial charge on any atom is 0.348 e. The van der Waals surface area contributed by atoms with Gasteiger partial charge in [-0.3, -0.25) is 0 Å². The number of hydrogen-bond acceptors (Lipinski definition) is 16. The van der Waals surface area contributed by atoms with Crippen molar-refractivity contribution in [3.63, 3.8) is 0 Å². The number of esters is 3. The first-order valence-corrected chi connectivity index (χ1v) is 16.0. The Morgan fingerprint density at radius 2 is 1.71 bits per heavy atom. The van der Waals surface area contributed by atoms with Crippen LogP contribution in [-0.2, 0) is 42.8 Å². The van der Waals surface area contributed by atoms with E-state index in [9.17, 15) is 50.1 Å². The lowest BCUT2D eigenvalue weighted by Crippen LogP contribution is -2.80. The van der Waals surface area contributed by atoms with E-state index in [1.807, 2.05) is 0 Å². The zero-order valence-electron chi connectivity index (χ0n) is 27.2. The van der Waals surface area contributed by atoms with E-state index >= 15 is 0 Å². The van der Waals surface area contributed by atoms with Gasteiger partial charge in [0.1, 0.15) is 42.7 Å². The number of methoxy groups -OCH3 is 1. The summed E-state index contributed by atoms with van der Waals surface area (Å²) in [4.78, 5) is 40.2. The minimum absolute atomic E-state index is 0.0828. The fourth-order valence-corrected chi connectivity index (χ4v) is 9.79. The SMILES string of the molecule is COC(=O)[C@]12OC[C@]34C([C@@H](O)[C@@H]1O)[C@]1(C)C(C[C@H]3OC(=O)[C@H](OC(=O)C=C(C)C)[C@@H]24)C(C)=C[C@H](O[C@H]2O[C@H](CO)[C@@H](O)[C@H](O)[C@H]2O)[C@H]1O. The molecule has 16 nitrogen and oxygen atoms in total. The number of rotatable bonds is 6. The van der Waals surface area contributed by atoms with E-state index in [0.717, 1.165) is 13.2 Å². The van der Waals surface area contributed by atoms with Crippen molar-refractivity contribution in [2.45, 2.75) is 107 Å². The van der Waals surface area contributed by atoms with Crippen LogP contribution in [0.5, 0.6) is 0 Å². The molecule has 7 N–H and O–H groups in total. The summed E-state index contributed by atoms with van der Waals surface area (Å²) in [6.07, 6.45) is -14.6. The van der Waals surface area contributed by atoms with E-state index in [4.69, 9.17) is 28.4 Å². The fraction of sp³-hybridized carbons (Fsp3) is 0.781. The molecule has 3 saturated heterocycles. The highest BCUT2D eigenvalue weighted by molar-refractivity contribution is 5.89. The zero-order valence-corrected chi connectivity index (χ0v) is 27.2. The molecule has 0 aromatic rings. The smallest absolute Gasteiger partial charge is 0.348 e. The molecule has 0 aromatic heterocycles. The summed E-state index contributed by atoms with van der Waals surface area (Å²) in [5, 5.41) is 77.0. The van der Waals surface area contributed by atoms with E-state index in [2.05, 4.69) is 0 Å². The van der Waals surface area contributed by atoms with Crippen LogP contribution >= 0.6 is 0 Å². The van der Waals surface area contributed by atoms with Crippen LogP contribution in [0.3, 0.4) is 0 Å². The molecule has 3 heterocycles. The Balaban J connectivity index is 1.46. The molecule has 2 unspecified atom stereocenters. The van der Waals surface area contributed by atoms with Gasteiger partial charge in [0.25, 0.3) is 0 Å². The molecule has 2 bridgehead atoms. The van der Waals surface area contributed by atoms with Crippen molar-refractivity contribution in [2.75, 3.05) is 20.3 Å². The lowest BCUT2D eigenvalue weighted by molar-refractivity contribution is -0.330. The third-order valence-corrected chi connectivity index (χ3v) is 11.8. The lowest BCUT2D eigenvalue weighted by Gasteiger charge is -2.68. The van der Waals surface area contributed by atoms with E-state index in [0.29, 0.717) is 11.1 Å². The first kappa shape index (κ1) is 35.3. The molecule has 6 aliphatic rings. The number of aliphatic hydroxyl groups excluding tert-OH is 7. The van der Waals surface area contributed by atoms with Crippen LogP contribution in [0.1, 0.15) is 34.1 Å². The molecular formula is C32H44O16. The summed E-state index contributed by atoms with van der Waals surface area (Å²) >= 11 is 0. The summed E-state index contributed by atoms with van der Waals surface area (Å²) in [5.74, 6) is -6.18. The average molecular weight is 685 g/mol. The van der Waals surface area contributed by atoms with Gasteiger partial charge in [-0.05, 0) is 33.1 Å². The molecule has 2 saturated carbocycles. The second kappa shape index (κ2) is 12.1. The number of fused-ring (bicyclic) bond motifs is 2. The predicted molar refractivity (Wildman–Crippen MR) is 156 cm³/mol. The molecule has 3 aliphatic carbocycles.